The molecule has 200 valence electrons. The summed E-state index contributed by atoms with van der Waals surface area (Å²) >= 11 is 0. The molecular formula is C34H44N4. The zero-order valence-corrected chi connectivity index (χ0v) is 24.3. The summed E-state index contributed by atoms with van der Waals surface area (Å²) in [6.07, 6.45) is 10.5. The van der Waals surface area contributed by atoms with E-state index in [9.17, 15) is 0 Å². The first-order chi connectivity index (χ1) is 18.2. The minimum Gasteiger partial charge on any atom is -0.355 e. The number of likely N-dealkylation sites (N-methyl/N-ethyl adjacent to an activating group) is 2. The zero-order chi connectivity index (χ0) is 27.0. The number of H-pyrrole nitrogens is 1. The van der Waals surface area contributed by atoms with Crippen LogP contribution in [0.25, 0.3) is 27.9 Å². The fourth-order valence-electron chi connectivity index (χ4n) is 6.41. The molecule has 4 nitrogen and oxygen atoms in total. The highest BCUT2D eigenvalue weighted by Gasteiger charge is 2.41. The van der Waals surface area contributed by atoms with Crippen molar-refractivity contribution in [3.05, 3.63) is 88.8 Å². The van der Waals surface area contributed by atoms with Crippen molar-refractivity contribution in [2.75, 3.05) is 41.3 Å². The molecule has 1 aliphatic rings. The Kier molecular flexibility index (Phi) is 7.39. The largest absolute Gasteiger partial charge is 0.355 e. The number of para-hydroxylation sites is 2. The highest BCUT2D eigenvalue weighted by atomic mass is 15.1. The number of fused-ring (bicyclic) bond motifs is 4. The Morgan fingerprint density at radius 3 is 2.24 bits per heavy atom. The average Bonchev–Trinajstić information content (AvgIpc) is 3.48. The number of nitrogens with one attached hydrogen (secondary N) is 1. The van der Waals surface area contributed by atoms with Crippen LogP contribution in [0.4, 0.5) is 0 Å². The smallest absolute Gasteiger partial charge is 0.0616 e. The van der Waals surface area contributed by atoms with E-state index in [4.69, 9.17) is 0 Å². The van der Waals surface area contributed by atoms with Gasteiger partial charge in [0.2, 0.25) is 0 Å². The van der Waals surface area contributed by atoms with Crippen molar-refractivity contribution in [2.45, 2.75) is 51.5 Å². The van der Waals surface area contributed by atoms with Gasteiger partial charge in [-0.05, 0) is 97.6 Å². The van der Waals surface area contributed by atoms with Crippen molar-refractivity contribution >= 4 is 27.9 Å². The van der Waals surface area contributed by atoms with E-state index < -0.39 is 0 Å². The fourth-order valence-corrected chi connectivity index (χ4v) is 6.41. The summed E-state index contributed by atoms with van der Waals surface area (Å²) < 4.78 is 2.66. The number of benzene rings is 2. The lowest BCUT2D eigenvalue weighted by molar-refractivity contribution is 0.413. The van der Waals surface area contributed by atoms with Gasteiger partial charge in [0.1, 0.15) is 0 Å². The van der Waals surface area contributed by atoms with Crippen LogP contribution in [0, 0.1) is 0 Å². The van der Waals surface area contributed by atoms with Crippen LogP contribution in [0.2, 0.25) is 0 Å². The summed E-state index contributed by atoms with van der Waals surface area (Å²) in [7, 11) is 8.65. The van der Waals surface area contributed by atoms with Gasteiger partial charge >= 0.3 is 0 Å². The van der Waals surface area contributed by atoms with Crippen molar-refractivity contribution in [2.24, 2.45) is 0 Å². The second-order valence-electron chi connectivity index (χ2n) is 12.1. The molecule has 0 amide bonds. The molecular weight excluding hydrogens is 464 g/mol. The van der Waals surface area contributed by atoms with Gasteiger partial charge in [0.25, 0.3) is 0 Å². The number of aromatic amines is 1. The molecule has 0 saturated heterocycles. The molecule has 4 aromatic rings. The van der Waals surface area contributed by atoms with Gasteiger partial charge in [0, 0.05) is 52.2 Å². The van der Waals surface area contributed by atoms with Gasteiger partial charge in [0.05, 0.1) is 5.54 Å². The standard InChI is InChI=1S/C34H44N4/c1-24(2)22-25-23-34(3,38-32-15-11-9-13-28(32)29(33(25)38)18-21-37(6)7)19-16-31-27(17-20-36(4)5)26-12-8-10-14-30(26)35-31/h8-16,19,22,25,35H,17-18,20-21,23H2,1-7H3/b19-16+/t25-,34+/m1/s1. The Balaban J connectivity index is 1.64. The van der Waals surface area contributed by atoms with Crippen LogP contribution in [-0.4, -0.2) is 60.6 Å². The lowest BCUT2D eigenvalue weighted by atomic mass is 9.88. The van der Waals surface area contributed by atoms with E-state index >= 15 is 0 Å². The Morgan fingerprint density at radius 1 is 0.921 bits per heavy atom. The van der Waals surface area contributed by atoms with E-state index in [1.807, 2.05) is 0 Å². The van der Waals surface area contributed by atoms with Gasteiger partial charge in [-0.1, -0.05) is 54.1 Å². The molecule has 2 aromatic carbocycles. The highest BCUT2D eigenvalue weighted by Crippen LogP contribution is 2.49. The second kappa shape index (κ2) is 10.6. The van der Waals surface area contributed by atoms with Crippen LogP contribution in [0.3, 0.4) is 0 Å². The van der Waals surface area contributed by atoms with Crippen molar-refractivity contribution < 1.29 is 0 Å². The van der Waals surface area contributed by atoms with Gasteiger partial charge in [-0.3, -0.25) is 0 Å². The van der Waals surface area contributed by atoms with E-state index in [2.05, 4.69) is 135 Å². The summed E-state index contributed by atoms with van der Waals surface area (Å²) in [6.45, 7) is 8.98. The molecule has 0 spiro atoms. The molecule has 0 unspecified atom stereocenters. The molecule has 2 aromatic heterocycles. The third-order valence-corrected chi connectivity index (χ3v) is 8.12. The van der Waals surface area contributed by atoms with E-state index in [1.54, 1.807) is 0 Å². The topological polar surface area (TPSA) is 27.2 Å². The molecule has 0 aliphatic carbocycles. The van der Waals surface area contributed by atoms with E-state index in [0.29, 0.717) is 5.92 Å². The van der Waals surface area contributed by atoms with Gasteiger partial charge in [-0.25, -0.2) is 0 Å². The minimum absolute atomic E-state index is 0.113. The molecule has 0 radical (unpaired) electrons. The van der Waals surface area contributed by atoms with Crippen LogP contribution in [0.1, 0.15) is 55.6 Å². The summed E-state index contributed by atoms with van der Waals surface area (Å²) in [4.78, 5) is 8.31. The van der Waals surface area contributed by atoms with Crippen molar-refractivity contribution in [1.29, 1.82) is 0 Å². The van der Waals surface area contributed by atoms with Crippen molar-refractivity contribution in [1.82, 2.24) is 19.4 Å². The first kappa shape index (κ1) is 26.5. The maximum atomic E-state index is 3.74. The lowest BCUT2D eigenvalue weighted by Gasteiger charge is -2.25. The predicted molar refractivity (Wildman–Crippen MR) is 164 cm³/mol. The molecule has 2 atom stereocenters. The molecule has 0 fully saturated rings. The van der Waals surface area contributed by atoms with Crippen molar-refractivity contribution in [3.8, 4) is 0 Å². The zero-order valence-electron chi connectivity index (χ0n) is 24.3. The Bertz CT molecular complexity index is 1490. The predicted octanol–water partition coefficient (Wildman–Crippen LogP) is 7.21. The number of allylic oxidation sites excluding steroid dienone is 3. The Labute approximate surface area is 228 Å². The fraction of sp³-hybridized carbons (Fsp3) is 0.412. The molecule has 5 rings (SSSR count). The number of hydrogen-bond donors (Lipinski definition) is 1. The first-order valence-electron chi connectivity index (χ1n) is 14.0. The van der Waals surface area contributed by atoms with Crippen LogP contribution in [-0.2, 0) is 18.4 Å². The monoisotopic (exact) mass is 508 g/mol. The second-order valence-corrected chi connectivity index (χ2v) is 12.1. The number of rotatable bonds is 9. The normalized spacial score (nSPS) is 19.4. The van der Waals surface area contributed by atoms with Crippen LogP contribution in [0.5, 0.6) is 0 Å². The quantitative estimate of drug-likeness (QED) is 0.242. The maximum absolute atomic E-state index is 3.74. The minimum atomic E-state index is -0.113. The summed E-state index contributed by atoms with van der Waals surface area (Å²) in [5, 5.41) is 2.75. The van der Waals surface area contributed by atoms with Crippen LogP contribution >= 0.6 is 0 Å². The Morgan fingerprint density at radius 2 is 1.55 bits per heavy atom. The molecule has 0 bridgehead atoms. The average molecular weight is 509 g/mol. The number of aromatic nitrogens is 2. The molecule has 3 heterocycles. The van der Waals surface area contributed by atoms with Crippen LogP contribution < -0.4 is 0 Å². The van der Waals surface area contributed by atoms with E-state index in [1.165, 1.54) is 49.9 Å². The molecule has 1 aliphatic heterocycles. The van der Waals surface area contributed by atoms with Crippen LogP contribution in [0.15, 0.2) is 66.3 Å². The Hall–Kier alpha value is -3.08. The molecule has 38 heavy (non-hydrogen) atoms. The van der Waals surface area contributed by atoms with Gasteiger partial charge < -0.3 is 19.4 Å². The molecule has 0 saturated carbocycles. The third-order valence-electron chi connectivity index (χ3n) is 8.12. The van der Waals surface area contributed by atoms with E-state index in [0.717, 1.165) is 32.4 Å². The SMILES string of the molecule is CC(C)=C[C@@H]1C[C@](C)(/C=C/c2[nH]c3ccccc3c2CCN(C)C)n2c1c(CCN(C)C)c1ccccc12. The van der Waals surface area contributed by atoms with Gasteiger partial charge in [-0.2, -0.15) is 0 Å². The third kappa shape index (κ3) is 5.00. The molecule has 4 heteroatoms. The van der Waals surface area contributed by atoms with Gasteiger partial charge in [0.15, 0.2) is 0 Å². The maximum Gasteiger partial charge on any atom is 0.0616 e. The molecule has 1 N–H and O–H groups in total. The summed E-state index contributed by atoms with van der Waals surface area (Å²) in [5.41, 5.74) is 9.54. The highest BCUT2D eigenvalue weighted by molar-refractivity contribution is 5.88. The number of nitrogens with zero attached hydrogens (tertiary/aromatic N) is 3. The van der Waals surface area contributed by atoms with E-state index in [-0.39, 0.29) is 5.54 Å². The summed E-state index contributed by atoms with van der Waals surface area (Å²) in [6, 6.07) is 17.8. The number of hydrogen-bond acceptors (Lipinski definition) is 2. The first-order valence-corrected chi connectivity index (χ1v) is 14.0. The van der Waals surface area contributed by atoms with Gasteiger partial charge in [-0.15, -0.1) is 0 Å². The lowest BCUT2D eigenvalue weighted by Crippen LogP contribution is -2.23. The van der Waals surface area contributed by atoms with Crippen molar-refractivity contribution in [3.63, 3.8) is 0 Å². The summed E-state index contributed by atoms with van der Waals surface area (Å²) in [5.74, 6) is 0.412.